The maximum Gasteiger partial charge on any atom is 0.258 e. The molecule has 2 aliphatic heterocycles. The minimum absolute atomic E-state index is 0.00678. The number of thiazole rings is 1. The summed E-state index contributed by atoms with van der Waals surface area (Å²) in [7, 11) is 2.03. The molecule has 1 unspecified atom stereocenters. The van der Waals surface area contributed by atoms with Crippen molar-refractivity contribution in [1.29, 1.82) is 0 Å². The van der Waals surface area contributed by atoms with Gasteiger partial charge < -0.3 is 19.9 Å². The number of aromatic nitrogens is 2. The van der Waals surface area contributed by atoms with Gasteiger partial charge >= 0.3 is 0 Å². The van der Waals surface area contributed by atoms with E-state index in [9.17, 15) is 9.59 Å². The molecule has 0 radical (unpaired) electrons. The van der Waals surface area contributed by atoms with Crippen molar-refractivity contribution in [2.24, 2.45) is 0 Å². The van der Waals surface area contributed by atoms with E-state index in [4.69, 9.17) is 4.74 Å². The Bertz CT molecular complexity index is 1420. The Balaban J connectivity index is 1.72. The van der Waals surface area contributed by atoms with Crippen molar-refractivity contribution in [3.63, 3.8) is 0 Å². The molecule has 0 aliphatic carbocycles. The Morgan fingerprint density at radius 3 is 2.81 bits per heavy atom. The lowest BCUT2D eigenvalue weighted by Gasteiger charge is -2.28. The fourth-order valence-corrected chi connectivity index (χ4v) is 6.15. The smallest absolute Gasteiger partial charge is 0.258 e. The van der Waals surface area contributed by atoms with Gasteiger partial charge in [0.15, 0.2) is 17.3 Å². The normalized spacial score (nSPS) is 19.1. The molecule has 5 heterocycles. The Morgan fingerprint density at radius 1 is 1.36 bits per heavy atom. The zero-order valence-electron chi connectivity index (χ0n) is 20.6. The number of hydrogen-bond donors (Lipinski definition) is 1. The van der Waals surface area contributed by atoms with Crippen molar-refractivity contribution in [3.05, 3.63) is 50.9 Å². The van der Waals surface area contributed by atoms with Gasteiger partial charge in [0.05, 0.1) is 29.2 Å². The van der Waals surface area contributed by atoms with Crippen LogP contribution in [0.25, 0.3) is 28.0 Å². The van der Waals surface area contributed by atoms with Crippen LogP contribution in [0.4, 0.5) is 10.2 Å². The molecule has 3 aromatic heterocycles. The number of amides is 1. The third kappa shape index (κ3) is 4.23. The van der Waals surface area contributed by atoms with Crippen LogP contribution in [0.15, 0.2) is 23.5 Å². The van der Waals surface area contributed by atoms with Crippen molar-refractivity contribution in [2.45, 2.75) is 25.8 Å². The van der Waals surface area contributed by atoms with E-state index in [-0.39, 0.29) is 22.8 Å². The number of likely N-dealkylation sites (N-methyl/N-ethyl adjacent to an activating group) is 1. The number of anilines is 1. The summed E-state index contributed by atoms with van der Waals surface area (Å²) in [6.45, 7) is 9.22. The van der Waals surface area contributed by atoms with E-state index in [0.717, 1.165) is 30.0 Å². The van der Waals surface area contributed by atoms with Crippen molar-refractivity contribution in [1.82, 2.24) is 19.6 Å². The number of rotatable bonds is 6. The van der Waals surface area contributed by atoms with Crippen molar-refractivity contribution in [3.8, 4) is 0 Å². The molecule has 1 atom stereocenters. The van der Waals surface area contributed by atoms with E-state index in [2.05, 4.69) is 21.8 Å². The van der Waals surface area contributed by atoms with Gasteiger partial charge in [-0.2, -0.15) is 0 Å². The van der Waals surface area contributed by atoms with Gasteiger partial charge in [-0.05, 0) is 51.6 Å². The fraction of sp³-hybridized carbons (Fsp3) is 0.423. The van der Waals surface area contributed by atoms with Crippen molar-refractivity contribution in [2.75, 3.05) is 51.3 Å². The fourth-order valence-electron chi connectivity index (χ4n) is 5.03. The number of morpholine rings is 1. The van der Waals surface area contributed by atoms with Crippen LogP contribution in [0.1, 0.15) is 40.7 Å². The molecule has 0 bridgehead atoms. The lowest BCUT2D eigenvalue weighted by atomic mass is 10.1. The first-order valence-corrected chi connectivity index (χ1v) is 13.0. The summed E-state index contributed by atoms with van der Waals surface area (Å²) in [5.74, 6) is -0.869. The van der Waals surface area contributed by atoms with E-state index in [1.54, 1.807) is 10.5 Å². The van der Waals surface area contributed by atoms with Crippen LogP contribution in [-0.2, 0) is 4.74 Å². The van der Waals surface area contributed by atoms with Gasteiger partial charge in [-0.15, -0.1) is 11.3 Å². The summed E-state index contributed by atoms with van der Waals surface area (Å²) in [5.41, 5.74) is 0.551. The van der Waals surface area contributed by atoms with Crippen molar-refractivity contribution < 1.29 is 13.9 Å². The highest BCUT2D eigenvalue weighted by molar-refractivity contribution is 7.19. The number of allylic oxidation sites excluding steroid dienone is 1. The molecule has 0 saturated carbocycles. The molecule has 8 nitrogen and oxygen atoms in total. The Kier molecular flexibility index (Phi) is 6.92. The molecule has 2 aliphatic rings. The molecule has 3 aromatic rings. The van der Waals surface area contributed by atoms with Crippen LogP contribution in [-0.4, -0.2) is 72.7 Å². The second-order valence-electron chi connectivity index (χ2n) is 9.15. The highest BCUT2D eigenvalue weighted by Gasteiger charge is 2.28. The van der Waals surface area contributed by atoms with Crippen LogP contribution in [0.3, 0.4) is 0 Å². The van der Waals surface area contributed by atoms with Crippen LogP contribution >= 0.6 is 11.3 Å². The monoisotopic (exact) mass is 511 g/mol. The van der Waals surface area contributed by atoms with E-state index >= 15 is 4.39 Å². The summed E-state index contributed by atoms with van der Waals surface area (Å²) in [5, 5.41) is 3.03. The van der Waals surface area contributed by atoms with Gasteiger partial charge in [0.2, 0.25) is 5.43 Å². The number of carbonyl (C=O) groups excluding carboxylic acids is 1. The molecular formula is C26H30FN5O3S. The summed E-state index contributed by atoms with van der Waals surface area (Å²) < 4.78 is 22.5. The van der Waals surface area contributed by atoms with E-state index in [0.29, 0.717) is 43.3 Å². The predicted octanol–water partition coefficient (Wildman–Crippen LogP) is 3.39. The molecule has 0 spiro atoms. The van der Waals surface area contributed by atoms with Crippen LogP contribution in [0.5, 0.6) is 0 Å². The van der Waals surface area contributed by atoms with Gasteiger partial charge in [0.1, 0.15) is 10.4 Å². The average molecular weight is 512 g/mol. The zero-order chi connectivity index (χ0) is 25.4. The molecule has 1 N–H and O–H groups in total. The number of fused-ring (bicyclic) bond motifs is 3. The SMILES string of the molecule is C=Cc1sc2c(C(=O)NCC3CCCN3C)c(=O)c3cc(F)c(N4CCOCC4)nc3n2c1/C=C\C. The first-order valence-electron chi connectivity index (χ1n) is 12.2. The number of carbonyl (C=O) groups is 1. The third-order valence-electron chi connectivity index (χ3n) is 6.96. The molecule has 1 amide bonds. The quantitative estimate of drug-likeness (QED) is 0.547. The van der Waals surface area contributed by atoms with Crippen LogP contribution in [0, 0.1) is 5.82 Å². The minimum Gasteiger partial charge on any atom is -0.378 e. The number of hydrogen-bond acceptors (Lipinski definition) is 7. The number of nitrogens with zero attached hydrogens (tertiary/aromatic N) is 4. The van der Waals surface area contributed by atoms with Crippen LogP contribution in [0.2, 0.25) is 0 Å². The molecule has 36 heavy (non-hydrogen) atoms. The molecule has 0 aromatic carbocycles. The lowest BCUT2D eigenvalue weighted by Crippen LogP contribution is -2.40. The number of pyridine rings is 2. The third-order valence-corrected chi connectivity index (χ3v) is 8.13. The molecule has 2 saturated heterocycles. The van der Waals surface area contributed by atoms with Gasteiger partial charge in [0.25, 0.3) is 5.91 Å². The van der Waals surface area contributed by atoms with Crippen molar-refractivity contribution >= 4 is 51.1 Å². The summed E-state index contributed by atoms with van der Waals surface area (Å²) in [6.07, 6.45) is 7.54. The first kappa shape index (κ1) is 24.6. The summed E-state index contributed by atoms with van der Waals surface area (Å²) >= 11 is 1.31. The Labute approximate surface area is 212 Å². The molecule has 190 valence electrons. The molecule has 10 heteroatoms. The van der Waals surface area contributed by atoms with Gasteiger partial charge in [-0.25, -0.2) is 9.37 Å². The average Bonchev–Trinajstić information content (AvgIpc) is 3.46. The summed E-state index contributed by atoms with van der Waals surface area (Å²) in [4.78, 5) is 37.1. The first-order chi connectivity index (χ1) is 17.4. The largest absolute Gasteiger partial charge is 0.378 e. The Hall–Kier alpha value is -3.08. The van der Waals surface area contributed by atoms with Gasteiger partial charge in [-0.3, -0.25) is 14.0 Å². The van der Waals surface area contributed by atoms with Gasteiger partial charge in [-0.1, -0.05) is 12.7 Å². The van der Waals surface area contributed by atoms with Crippen LogP contribution < -0.4 is 15.6 Å². The Morgan fingerprint density at radius 2 is 2.14 bits per heavy atom. The lowest BCUT2D eigenvalue weighted by molar-refractivity contribution is 0.0944. The van der Waals surface area contributed by atoms with Gasteiger partial charge in [0, 0.05) is 25.7 Å². The number of ether oxygens (including phenoxy) is 1. The van der Waals surface area contributed by atoms with E-state index in [1.165, 1.54) is 17.4 Å². The standard InChI is InChI=1S/C26H30FN5O3S/c1-4-7-19-20(5-2)36-26-21(25(34)28-15-16-8-6-9-30(16)3)22(33)17-14-18(27)24(29-23(17)32(19)26)31-10-12-35-13-11-31/h4-5,7,14,16H,2,6,8-13,15H2,1,3H3,(H,28,34)/b7-4-. The topological polar surface area (TPSA) is 79.2 Å². The maximum atomic E-state index is 15.3. The highest BCUT2D eigenvalue weighted by Crippen LogP contribution is 2.32. The second-order valence-corrected chi connectivity index (χ2v) is 10.2. The predicted molar refractivity (Wildman–Crippen MR) is 143 cm³/mol. The maximum absolute atomic E-state index is 15.3. The molecule has 2 fully saturated rings. The zero-order valence-corrected chi connectivity index (χ0v) is 21.4. The van der Waals surface area contributed by atoms with E-state index in [1.807, 2.05) is 31.0 Å². The second kappa shape index (κ2) is 10.1. The number of nitrogens with one attached hydrogen (secondary N) is 1. The number of halogens is 1. The molecule has 5 rings (SSSR count). The summed E-state index contributed by atoms with van der Waals surface area (Å²) in [6, 6.07) is 1.45. The molecular weight excluding hydrogens is 481 g/mol. The highest BCUT2D eigenvalue weighted by atomic mass is 32.1. The number of likely N-dealkylation sites (tertiary alicyclic amines) is 1. The van der Waals surface area contributed by atoms with E-state index < -0.39 is 17.2 Å². The minimum atomic E-state index is -0.591.